The van der Waals surface area contributed by atoms with Gasteiger partial charge in [-0.3, -0.25) is 4.79 Å². The lowest BCUT2D eigenvalue weighted by Gasteiger charge is -2.30. The number of benzene rings is 1. The van der Waals surface area contributed by atoms with Crippen molar-refractivity contribution in [2.24, 2.45) is 0 Å². The second kappa shape index (κ2) is 9.40. The van der Waals surface area contributed by atoms with Crippen molar-refractivity contribution in [2.45, 2.75) is 44.3 Å². The number of halogens is 1. The van der Waals surface area contributed by atoms with E-state index in [4.69, 9.17) is 26.2 Å². The smallest absolute Gasteiger partial charge is 0.288 e. The van der Waals surface area contributed by atoms with Gasteiger partial charge in [0, 0.05) is 37.1 Å². The zero-order chi connectivity index (χ0) is 18.4. The number of aliphatic hydroxyl groups is 1. The number of unbranched alkanes of at least 4 members (excludes halogenated alkanes) is 1. The van der Waals surface area contributed by atoms with Crippen LogP contribution in [-0.4, -0.2) is 48.5 Å². The van der Waals surface area contributed by atoms with E-state index in [9.17, 15) is 4.79 Å². The molecule has 0 saturated carbocycles. The van der Waals surface area contributed by atoms with Crippen LogP contribution in [0.4, 0.5) is 0 Å². The first-order chi connectivity index (χ1) is 12.7. The second-order valence-electron chi connectivity index (χ2n) is 6.77. The number of ether oxygens (including phenoxy) is 2. The van der Waals surface area contributed by atoms with Crippen LogP contribution < -0.4 is 0 Å². The number of allylic oxidation sites excluding steroid dienone is 1. The molecule has 0 unspecified atom stereocenters. The van der Waals surface area contributed by atoms with Gasteiger partial charge in [0.15, 0.2) is 5.76 Å². The molecule has 0 bridgehead atoms. The lowest BCUT2D eigenvalue weighted by molar-refractivity contribution is -0.152. The van der Waals surface area contributed by atoms with Crippen molar-refractivity contribution < 1.29 is 19.4 Å². The molecule has 0 aliphatic carbocycles. The summed E-state index contributed by atoms with van der Waals surface area (Å²) in [6, 6.07) is 7.68. The topological polar surface area (TPSA) is 59.0 Å². The van der Waals surface area contributed by atoms with Crippen LogP contribution >= 0.6 is 11.6 Å². The molecule has 0 spiro atoms. The average molecular weight is 380 g/mol. The van der Waals surface area contributed by atoms with E-state index in [2.05, 4.69) is 0 Å². The molecule has 1 saturated heterocycles. The first-order valence-electron chi connectivity index (χ1n) is 9.33. The van der Waals surface area contributed by atoms with E-state index in [1.54, 1.807) is 0 Å². The highest BCUT2D eigenvalue weighted by molar-refractivity contribution is 6.30. The summed E-state index contributed by atoms with van der Waals surface area (Å²) in [6.07, 6.45) is 5.65. The Hall–Kier alpha value is -1.56. The predicted molar refractivity (Wildman–Crippen MR) is 99.9 cm³/mol. The number of hydrogen-bond donors (Lipinski definition) is 1. The minimum atomic E-state index is -0.457. The van der Waals surface area contributed by atoms with Crippen molar-refractivity contribution in [3.8, 4) is 0 Å². The Labute approximate surface area is 159 Å². The number of nitrogens with zero attached hydrogens (tertiary/aromatic N) is 1. The highest BCUT2D eigenvalue weighted by Crippen LogP contribution is 2.33. The molecule has 0 radical (unpaired) electrons. The fourth-order valence-electron chi connectivity index (χ4n) is 3.36. The average Bonchev–Trinajstić information content (AvgIpc) is 3.20. The monoisotopic (exact) mass is 379 g/mol. The molecule has 5 nitrogen and oxygen atoms in total. The van der Waals surface area contributed by atoms with Gasteiger partial charge in [-0.15, -0.1) is 0 Å². The summed E-state index contributed by atoms with van der Waals surface area (Å²) in [4.78, 5) is 14.6. The van der Waals surface area contributed by atoms with Crippen LogP contribution in [0.3, 0.4) is 0 Å². The molecule has 3 rings (SSSR count). The number of amides is 1. The predicted octanol–water partition coefficient (Wildman–Crippen LogP) is 3.47. The molecular formula is C20H26ClNO4. The van der Waals surface area contributed by atoms with E-state index in [1.165, 1.54) is 0 Å². The van der Waals surface area contributed by atoms with Crippen LogP contribution in [0.5, 0.6) is 0 Å². The van der Waals surface area contributed by atoms with Crippen LogP contribution in [0.1, 0.15) is 43.6 Å². The second-order valence-corrected chi connectivity index (χ2v) is 7.21. The molecular weight excluding hydrogens is 354 g/mol. The maximum atomic E-state index is 12.8. The van der Waals surface area contributed by atoms with Crippen molar-refractivity contribution >= 4 is 17.5 Å². The molecule has 2 heterocycles. The van der Waals surface area contributed by atoms with Gasteiger partial charge in [0.2, 0.25) is 6.29 Å². The van der Waals surface area contributed by atoms with Crippen molar-refractivity contribution in [1.82, 2.24) is 4.90 Å². The fraction of sp³-hybridized carbons (Fsp3) is 0.550. The maximum Gasteiger partial charge on any atom is 0.288 e. The number of rotatable bonds is 7. The number of carbonyl (C=O) groups excluding carboxylic acids is 1. The molecule has 1 fully saturated rings. The molecule has 2 aliphatic heterocycles. The van der Waals surface area contributed by atoms with Crippen LogP contribution in [-0.2, 0) is 14.3 Å². The summed E-state index contributed by atoms with van der Waals surface area (Å²) in [5.74, 6) is 0.376. The Bertz CT molecular complexity index is 625. The zero-order valence-electron chi connectivity index (χ0n) is 14.9. The lowest BCUT2D eigenvalue weighted by Crippen LogP contribution is -2.35. The molecule has 142 valence electrons. The number of likely N-dealkylation sites (tertiary alicyclic amines) is 1. The van der Waals surface area contributed by atoms with Gasteiger partial charge in [-0.05, 0) is 49.5 Å². The first-order valence-corrected chi connectivity index (χ1v) is 9.71. The van der Waals surface area contributed by atoms with Crippen LogP contribution in [0.2, 0.25) is 5.02 Å². The highest BCUT2D eigenvalue weighted by atomic mass is 35.5. The van der Waals surface area contributed by atoms with Gasteiger partial charge >= 0.3 is 0 Å². The zero-order valence-corrected chi connectivity index (χ0v) is 15.7. The van der Waals surface area contributed by atoms with E-state index in [1.807, 2.05) is 35.2 Å². The Morgan fingerprint density at radius 1 is 1.23 bits per heavy atom. The van der Waals surface area contributed by atoms with E-state index in [-0.39, 0.29) is 18.4 Å². The van der Waals surface area contributed by atoms with Crippen molar-refractivity contribution in [2.75, 3.05) is 26.3 Å². The van der Waals surface area contributed by atoms with Crippen molar-refractivity contribution in [3.63, 3.8) is 0 Å². The summed E-state index contributed by atoms with van der Waals surface area (Å²) >= 11 is 6.00. The minimum absolute atomic E-state index is 0.0467. The quantitative estimate of drug-likeness (QED) is 0.737. The first kappa shape index (κ1) is 19.2. The van der Waals surface area contributed by atoms with E-state index in [0.717, 1.165) is 37.9 Å². The van der Waals surface area contributed by atoms with Gasteiger partial charge in [0.1, 0.15) is 0 Å². The molecule has 26 heavy (non-hydrogen) atoms. The van der Waals surface area contributed by atoms with Crippen LogP contribution in [0, 0.1) is 0 Å². The van der Waals surface area contributed by atoms with Crippen LogP contribution in [0.25, 0.3) is 0 Å². The summed E-state index contributed by atoms with van der Waals surface area (Å²) in [5.41, 5.74) is 1.09. The Morgan fingerprint density at radius 2 is 1.96 bits per heavy atom. The van der Waals surface area contributed by atoms with Gasteiger partial charge in [0.25, 0.3) is 5.91 Å². The molecule has 0 aromatic heterocycles. The molecule has 6 heteroatoms. The lowest BCUT2D eigenvalue weighted by atomic mass is 9.93. The number of carbonyl (C=O) groups is 1. The summed E-state index contributed by atoms with van der Waals surface area (Å²) in [6.45, 7) is 2.23. The Morgan fingerprint density at radius 3 is 2.65 bits per heavy atom. The van der Waals surface area contributed by atoms with Gasteiger partial charge < -0.3 is 19.5 Å². The van der Waals surface area contributed by atoms with E-state index < -0.39 is 6.29 Å². The normalized spacial score (nSPS) is 22.8. The minimum Gasteiger partial charge on any atom is -0.459 e. The largest absolute Gasteiger partial charge is 0.459 e. The van der Waals surface area contributed by atoms with Crippen molar-refractivity contribution in [1.29, 1.82) is 0 Å². The third kappa shape index (κ3) is 5.00. The fourth-order valence-corrected chi connectivity index (χ4v) is 3.48. The molecule has 2 aliphatic rings. The molecule has 1 aromatic rings. The van der Waals surface area contributed by atoms with E-state index >= 15 is 0 Å². The standard InChI is InChI=1S/C20H26ClNO4/c21-17-7-5-15(6-8-17)16-13-18(20(24)22-9-1-2-10-22)26-19(14-16)25-12-4-3-11-23/h5-8,13,16,19,23H,1-4,9-12,14H2/t16-,19+/m1/s1. The number of aliphatic hydroxyl groups excluding tert-OH is 1. The summed E-state index contributed by atoms with van der Waals surface area (Å²) < 4.78 is 11.7. The van der Waals surface area contributed by atoms with Gasteiger partial charge in [-0.1, -0.05) is 23.7 Å². The molecule has 1 amide bonds. The summed E-state index contributed by atoms with van der Waals surface area (Å²) in [5, 5.41) is 9.59. The summed E-state index contributed by atoms with van der Waals surface area (Å²) in [7, 11) is 0. The molecule has 1 aromatic carbocycles. The Kier molecular flexibility index (Phi) is 6.94. The third-order valence-electron chi connectivity index (χ3n) is 4.82. The molecule has 1 N–H and O–H groups in total. The Balaban J connectivity index is 1.73. The molecule has 2 atom stereocenters. The van der Waals surface area contributed by atoms with Gasteiger partial charge in [-0.25, -0.2) is 0 Å². The third-order valence-corrected chi connectivity index (χ3v) is 5.07. The van der Waals surface area contributed by atoms with Crippen LogP contribution in [0.15, 0.2) is 36.1 Å². The van der Waals surface area contributed by atoms with Crippen molar-refractivity contribution in [3.05, 3.63) is 46.7 Å². The maximum absolute atomic E-state index is 12.8. The highest BCUT2D eigenvalue weighted by Gasteiger charge is 2.31. The SMILES string of the molecule is O=C(C1=C[C@@H](c2ccc(Cl)cc2)C[C@@H](OCCCCO)O1)N1CCCC1. The van der Waals surface area contributed by atoms with E-state index in [0.29, 0.717) is 30.2 Å². The number of hydrogen-bond acceptors (Lipinski definition) is 4. The van der Waals surface area contributed by atoms with Gasteiger partial charge in [-0.2, -0.15) is 0 Å². The van der Waals surface area contributed by atoms with Gasteiger partial charge in [0.05, 0.1) is 6.61 Å².